The molecule has 5 aromatic rings. The molecule has 0 atom stereocenters. The van der Waals surface area contributed by atoms with Crippen LogP contribution in [0.25, 0.3) is 16.9 Å². The summed E-state index contributed by atoms with van der Waals surface area (Å²) in [5.74, 6) is 0.811. The molecule has 3 aromatic carbocycles. The Morgan fingerprint density at radius 1 is 1.00 bits per heavy atom. The lowest BCUT2D eigenvalue weighted by atomic mass is 10.1. The molecule has 0 saturated carbocycles. The molecule has 180 valence electrons. The number of aromatic nitrogens is 4. The van der Waals surface area contributed by atoms with E-state index in [4.69, 9.17) is 11.6 Å². The highest BCUT2D eigenvalue weighted by Gasteiger charge is 2.17. The highest BCUT2D eigenvalue weighted by atomic mass is 35.5. The van der Waals surface area contributed by atoms with E-state index in [1.54, 1.807) is 0 Å². The summed E-state index contributed by atoms with van der Waals surface area (Å²) in [5.41, 5.74) is 5.08. The minimum absolute atomic E-state index is 0.153. The minimum Gasteiger partial charge on any atom is -0.301 e. The van der Waals surface area contributed by atoms with Crippen LogP contribution in [-0.2, 0) is 11.2 Å². The van der Waals surface area contributed by atoms with Crippen molar-refractivity contribution in [3.05, 3.63) is 106 Å². The second-order valence-electron chi connectivity index (χ2n) is 8.11. The number of hydrogen-bond acceptors (Lipinski definition) is 6. The molecule has 0 saturated heterocycles. The molecule has 0 aliphatic heterocycles. The second kappa shape index (κ2) is 11.1. The van der Waals surface area contributed by atoms with Gasteiger partial charge in [-0.25, -0.2) is 4.98 Å². The van der Waals surface area contributed by atoms with Crippen LogP contribution in [-0.4, -0.2) is 31.4 Å². The predicted molar refractivity (Wildman–Crippen MR) is 147 cm³/mol. The number of benzene rings is 3. The van der Waals surface area contributed by atoms with E-state index in [-0.39, 0.29) is 11.7 Å². The van der Waals surface area contributed by atoms with Crippen LogP contribution in [0.2, 0.25) is 5.02 Å². The van der Waals surface area contributed by atoms with Gasteiger partial charge >= 0.3 is 0 Å². The molecule has 0 aliphatic carbocycles. The van der Waals surface area contributed by atoms with E-state index in [9.17, 15) is 4.79 Å². The maximum atomic E-state index is 12.7. The fraction of sp³-hybridized carbons (Fsp3) is 0.111. The SMILES string of the molecule is Cc1ccc(-c2csc(NC(=O)CSc3nnc(Cc4ccccc4)n3-c3ccc(Cl)cc3)n2)cc1. The highest BCUT2D eigenvalue weighted by molar-refractivity contribution is 7.99. The van der Waals surface area contributed by atoms with Crippen LogP contribution in [0.5, 0.6) is 0 Å². The van der Waals surface area contributed by atoms with E-state index in [2.05, 4.69) is 32.6 Å². The largest absolute Gasteiger partial charge is 0.301 e. The number of carbonyl (C=O) groups is 1. The first-order valence-electron chi connectivity index (χ1n) is 11.2. The number of nitrogens with zero attached hydrogens (tertiary/aromatic N) is 4. The van der Waals surface area contributed by atoms with Gasteiger partial charge in [0.1, 0.15) is 5.82 Å². The van der Waals surface area contributed by atoms with E-state index in [0.29, 0.717) is 21.7 Å². The molecule has 6 nitrogen and oxygen atoms in total. The van der Waals surface area contributed by atoms with Crippen LogP contribution >= 0.6 is 34.7 Å². The number of rotatable bonds is 8. The Morgan fingerprint density at radius 2 is 1.75 bits per heavy atom. The Hall–Kier alpha value is -3.46. The summed E-state index contributed by atoms with van der Waals surface area (Å²) < 4.78 is 1.97. The third kappa shape index (κ3) is 5.84. The molecule has 0 unspecified atom stereocenters. The summed E-state index contributed by atoms with van der Waals surface area (Å²) in [7, 11) is 0. The average molecular weight is 532 g/mol. The van der Waals surface area contributed by atoms with Crippen molar-refractivity contribution in [2.24, 2.45) is 0 Å². The first kappa shape index (κ1) is 24.2. The van der Waals surface area contributed by atoms with E-state index >= 15 is 0 Å². The lowest BCUT2D eigenvalue weighted by molar-refractivity contribution is -0.113. The number of thioether (sulfide) groups is 1. The molecular weight excluding hydrogens is 510 g/mol. The van der Waals surface area contributed by atoms with E-state index in [1.165, 1.54) is 28.7 Å². The third-order valence-electron chi connectivity index (χ3n) is 5.42. The monoisotopic (exact) mass is 531 g/mol. The standard InChI is InChI=1S/C27H22ClN5OS2/c1-18-7-9-20(10-8-18)23-16-35-26(29-23)30-25(34)17-36-27-32-31-24(15-19-5-3-2-4-6-19)33(27)22-13-11-21(28)12-14-22/h2-14,16H,15,17H2,1H3,(H,29,30,34). The number of amides is 1. The van der Waals surface area contributed by atoms with Crippen LogP contribution in [0.15, 0.2) is 89.4 Å². The zero-order valence-electron chi connectivity index (χ0n) is 19.4. The Bertz CT molecular complexity index is 1460. The molecule has 2 aromatic heterocycles. The van der Waals surface area contributed by atoms with Gasteiger partial charge in [0.15, 0.2) is 10.3 Å². The number of nitrogens with one attached hydrogen (secondary N) is 1. The van der Waals surface area contributed by atoms with Gasteiger partial charge in [0.25, 0.3) is 0 Å². The van der Waals surface area contributed by atoms with Crippen molar-refractivity contribution in [1.29, 1.82) is 0 Å². The van der Waals surface area contributed by atoms with Crippen molar-refractivity contribution in [3.63, 3.8) is 0 Å². The topological polar surface area (TPSA) is 72.7 Å². The Kier molecular flexibility index (Phi) is 7.46. The summed E-state index contributed by atoms with van der Waals surface area (Å²) in [6.45, 7) is 2.05. The lowest BCUT2D eigenvalue weighted by Crippen LogP contribution is -2.14. The summed E-state index contributed by atoms with van der Waals surface area (Å²) >= 11 is 8.84. The van der Waals surface area contributed by atoms with Crippen LogP contribution in [0, 0.1) is 6.92 Å². The summed E-state index contributed by atoms with van der Waals surface area (Å²) in [5, 5.41) is 15.5. The van der Waals surface area contributed by atoms with Crippen LogP contribution in [0.1, 0.15) is 17.0 Å². The Morgan fingerprint density at radius 3 is 2.50 bits per heavy atom. The van der Waals surface area contributed by atoms with Gasteiger partial charge in [0, 0.05) is 28.1 Å². The smallest absolute Gasteiger partial charge is 0.236 e. The number of thiazole rings is 1. The summed E-state index contributed by atoms with van der Waals surface area (Å²) in [6, 6.07) is 25.8. The molecule has 0 fully saturated rings. The molecule has 0 aliphatic rings. The molecule has 2 heterocycles. The quantitative estimate of drug-likeness (QED) is 0.226. The van der Waals surface area contributed by atoms with Crippen molar-refractivity contribution in [1.82, 2.24) is 19.7 Å². The first-order valence-corrected chi connectivity index (χ1v) is 13.5. The normalized spacial score (nSPS) is 10.9. The molecule has 9 heteroatoms. The molecule has 5 rings (SSSR count). The number of carbonyl (C=O) groups excluding carboxylic acids is 1. The van der Waals surface area contributed by atoms with Crippen molar-refractivity contribution in [2.45, 2.75) is 18.5 Å². The van der Waals surface area contributed by atoms with Gasteiger partial charge in [-0.2, -0.15) is 0 Å². The Labute approximate surface area is 222 Å². The minimum atomic E-state index is -0.153. The maximum Gasteiger partial charge on any atom is 0.236 e. The van der Waals surface area contributed by atoms with Gasteiger partial charge in [0.05, 0.1) is 11.4 Å². The van der Waals surface area contributed by atoms with Crippen LogP contribution in [0.4, 0.5) is 5.13 Å². The van der Waals surface area contributed by atoms with E-state index in [0.717, 1.165) is 28.3 Å². The van der Waals surface area contributed by atoms with E-state index < -0.39 is 0 Å². The van der Waals surface area contributed by atoms with Crippen molar-refractivity contribution >= 4 is 45.7 Å². The van der Waals surface area contributed by atoms with Gasteiger partial charge in [-0.05, 0) is 36.8 Å². The highest BCUT2D eigenvalue weighted by Crippen LogP contribution is 2.27. The molecular formula is C27H22ClN5OS2. The number of hydrogen-bond donors (Lipinski definition) is 1. The van der Waals surface area contributed by atoms with Gasteiger partial charge < -0.3 is 5.32 Å². The third-order valence-corrected chi connectivity index (χ3v) is 7.36. The molecule has 0 spiro atoms. The fourth-order valence-corrected chi connectivity index (χ4v) is 5.24. The van der Waals surface area contributed by atoms with Crippen LogP contribution < -0.4 is 5.32 Å². The second-order valence-corrected chi connectivity index (χ2v) is 10.4. The summed E-state index contributed by atoms with van der Waals surface area (Å²) in [6.07, 6.45) is 0.615. The van der Waals surface area contributed by atoms with Gasteiger partial charge in [-0.15, -0.1) is 21.5 Å². The fourth-order valence-electron chi connectivity index (χ4n) is 3.61. The van der Waals surface area contributed by atoms with Crippen molar-refractivity contribution in [2.75, 3.05) is 11.1 Å². The lowest BCUT2D eigenvalue weighted by Gasteiger charge is -2.10. The number of aryl methyl sites for hydroxylation is 1. The predicted octanol–water partition coefficient (Wildman–Crippen LogP) is 6.67. The number of halogens is 1. The van der Waals surface area contributed by atoms with Crippen molar-refractivity contribution < 1.29 is 4.79 Å². The van der Waals surface area contributed by atoms with E-state index in [1.807, 2.05) is 83.6 Å². The Balaban J connectivity index is 1.30. The average Bonchev–Trinajstić information content (AvgIpc) is 3.51. The summed E-state index contributed by atoms with van der Waals surface area (Å²) in [4.78, 5) is 17.3. The molecule has 36 heavy (non-hydrogen) atoms. The molecule has 0 bridgehead atoms. The van der Waals surface area contributed by atoms with Crippen LogP contribution in [0.3, 0.4) is 0 Å². The maximum absolute atomic E-state index is 12.7. The number of anilines is 1. The zero-order chi connectivity index (χ0) is 24.9. The zero-order valence-corrected chi connectivity index (χ0v) is 21.8. The van der Waals surface area contributed by atoms with Gasteiger partial charge in [-0.3, -0.25) is 9.36 Å². The van der Waals surface area contributed by atoms with Crippen molar-refractivity contribution in [3.8, 4) is 16.9 Å². The molecule has 1 N–H and O–H groups in total. The first-order chi connectivity index (χ1) is 17.5. The van der Waals surface area contributed by atoms with Gasteiger partial charge in [-0.1, -0.05) is 83.5 Å². The van der Waals surface area contributed by atoms with Gasteiger partial charge in [0.2, 0.25) is 5.91 Å². The molecule has 0 radical (unpaired) electrons. The molecule has 1 amide bonds.